The molecular formula is C17H10F2O3. The summed E-state index contributed by atoms with van der Waals surface area (Å²) in [5.74, 6) is -4.39. The van der Waals surface area contributed by atoms with Gasteiger partial charge in [0.1, 0.15) is 11.6 Å². The zero-order chi connectivity index (χ0) is 16.2. The molecule has 0 radical (unpaired) electrons. The van der Waals surface area contributed by atoms with Crippen molar-refractivity contribution in [3.63, 3.8) is 0 Å². The van der Waals surface area contributed by atoms with Crippen molar-refractivity contribution < 1.29 is 23.2 Å². The van der Waals surface area contributed by atoms with E-state index in [0.29, 0.717) is 0 Å². The molecule has 0 saturated heterocycles. The molecule has 1 aliphatic rings. The minimum Gasteiger partial charge on any atom is -0.294 e. The number of hydrogen-bond acceptors (Lipinski definition) is 3. The highest BCUT2D eigenvalue weighted by Gasteiger charge is 2.37. The fourth-order valence-electron chi connectivity index (χ4n) is 2.80. The molecule has 110 valence electrons. The van der Waals surface area contributed by atoms with Gasteiger partial charge < -0.3 is 0 Å². The Morgan fingerprint density at radius 2 is 1.36 bits per heavy atom. The monoisotopic (exact) mass is 300 g/mol. The largest absolute Gasteiger partial charge is 0.294 e. The van der Waals surface area contributed by atoms with Crippen LogP contribution in [-0.4, -0.2) is 17.3 Å². The minimum atomic E-state index is -1.13. The van der Waals surface area contributed by atoms with E-state index in [1.165, 1.54) is 25.1 Å². The van der Waals surface area contributed by atoms with Gasteiger partial charge in [0.15, 0.2) is 17.3 Å². The van der Waals surface area contributed by atoms with E-state index >= 15 is 0 Å². The molecule has 0 aliphatic heterocycles. The molecule has 0 heterocycles. The minimum absolute atomic E-state index is 0.0108. The third kappa shape index (κ3) is 1.68. The van der Waals surface area contributed by atoms with E-state index in [4.69, 9.17) is 0 Å². The fraction of sp³-hybridized carbons (Fsp3) is 0.118. The first kappa shape index (κ1) is 14.3. The van der Waals surface area contributed by atoms with Crippen molar-refractivity contribution in [2.75, 3.05) is 0 Å². The van der Waals surface area contributed by atoms with Crippen LogP contribution in [0.15, 0.2) is 24.3 Å². The summed E-state index contributed by atoms with van der Waals surface area (Å²) in [7, 11) is 0. The molecule has 0 saturated carbocycles. The van der Waals surface area contributed by atoms with Crippen LogP contribution in [0, 0.1) is 18.6 Å². The molecule has 0 atom stereocenters. The highest BCUT2D eigenvalue weighted by molar-refractivity contribution is 6.29. The van der Waals surface area contributed by atoms with Gasteiger partial charge in [0.05, 0.1) is 16.7 Å². The average molecular weight is 300 g/mol. The Labute approximate surface area is 124 Å². The molecule has 22 heavy (non-hydrogen) atoms. The zero-order valence-corrected chi connectivity index (χ0v) is 11.8. The molecule has 1 aliphatic carbocycles. The summed E-state index contributed by atoms with van der Waals surface area (Å²) in [6.07, 6.45) is 0. The van der Waals surface area contributed by atoms with Crippen LogP contribution in [0.25, 0.3) is 0 Å². The Balaban J connectivity index is 2.46. The van der Waals surface area contributed by atoms with Crippen LogP contribution >= 0.6 is 0 Å². The topological polar surface area (TPSA) is 51.2 Å². The van der Waals surface area contributed by atoms with E-state index in [1.54, 1.807) is 6.07 Å². The third-order valence-electron chi connectivity index (χ3n) is 3.84. The van der Waals surface area contributed by atoms with Gasteiger partial charge in [-0.05, 0) is 19.4 Å². The van der Waals surface area contributed by atoms with Crippen molar-refractivity contribution in [1.29, 1.82) is 0 Å². The zero-order valence-electron chi connectivity index (χ0n) is 11.8. The molecular weight excluding hydrogens is 290 g/mol. The van der Waals surface area contributed by atoms with Crippen LogP contribution in [0.1, 0.15) is 54.7 Å². The molecule has 2 aromatic rings. The number of ketones is 3. The Hall–Kier alpha value is -2.69. The number of carbonyl (C=O) groups is 3. The summed E-state index contributed by atoms with van der Waals surface area (Å²) >= 11 is 0. The number of hydrogen-bond donors (Lipinski definition) is 0. The van der Waals surface area contributed by atoms with Gasteiger partial charge in [-0.1, -0.05) is 24.3 Å². The first-order valence-electron chi connectivity index (χ1n) is 6.57. The van der Waals surface area contributed by atoms with E-state index < -0.39 is 45.7 Å². The second-order valence-corrected chi connectivity index (χ2v) is 5.14. The summed E-state index contributed by atoms with van der Waals surface area (Å²) in [6, 6.07) is 5.84. The maximum Gasteiger partial charge on any atom is 0.197 e. The lowest BCUT2D eigenvalue weighted by Crippen LogP contribution is -2.26. The molecule has 5 heteroatoms. The first-order valence-corrected chi connectivity index (χ1v) is 6.57. The summed E-state index contributed by atoms with van der Waals surface area (Å²) in [5, 5.41) is 0. The molecule has 0 unspecified atom stereocenters. The number of rotatable bonds is 1. The number of benzene rings is 2. The molecule has 0 aromatic heterocycles. The van der Waals surface area contributed by atoms with Gasteiger partial charge in [-0.25, -0.2) is 8.78 Å². The molecule has 0 spiro atoms. The number of halogens is 2. The number of Topliss-reactive ketones (excluding diaryl/α,β-unsaturated/α-hetero) is 1. The Bertz CT molecular complexity index is 882. The second-order valence-electron chi connectivity index (χ2n) is 5.14. The highest BCUT2D eigenvalue weighted by atomic mass is 19.1. The van der Waals surface area contributed by atoms with Crippen molar-refractivity contribution in [1.82, 2.24) is 0 Å². The van der Waals surface area contributed by atoms with Gasteiger partial charge >= 0.3 is 0 Å². The summed E-state index contributed by atoms with van der Waals surface area (Å²) in [4.78, 5) is 36.4. The summed E-state index contributed by atoms with van der Waals surface area (Å²) in [5.41, 5.74) is -1.95. The Morgan fingerprint density at radius 1 is 0.909 bits per heavy atom. The molecule has 3 nitrogen and oxygen atoms in total. The lowest BCUT2D eigenvalue weighted by Gasteiger charge is -2.21. The second kappa shape index (κ2) is 4.66. The van der Waals surface area contributed by atoms with Crippen LogP contribution in [0.2, 0.25) is 0 Å². The van der Waals surface area contributed by atoms with Gasteiger partial charge in [0.2, 0.25) is 0 Å². The molecule has 0 N–H and O–H groups in total. The first-order chi connectivity index (χ1) is 10.4. The van der Waals surface area contributed by atoms with E-state index in [0.717, 1.165) is 6.92 Å². The molecule has 0 fully saturated rings. The van der Waals surface area contributed by atoms with E-state index in [9.17, 15) is 23.2 Å². The van der Waals surface area contributed by atoms with Crippen molar-refractivity contribution >= 4 is 17.3 Å². The van der Waals surface area contributed by atoms with Gasteiger partial charge in [0.25, 0.3) is 0 Å². The SMILES string of the molecule is CC(=O)c1c(C)c(F)c2c(c1F)C(=O)c1ccccc1C2=O. The van der Waals surface area contributed by atoms with Gasteiger partial charge in [-0.2, -0.15) is 0 Å². The van der Waals surface area contributed by atoms with Crippen LogP contribution in [0.3, 0.4) is 0 Å². The van der Waals surface area contributed by atoms with Crippen LogP contribution in [-0.2, 0) is 0 Å². The van der Waals surface area contributed by atoms with Crippen LogP contribution in [0.4, 0.5) is 8.78 Å². The van der Waals surface area contributed by atoms with Crippen molar-refractivity contribution in [3.8, 4) is 0 Å². The summed E-state index contributed by atoms with van der Waals surface area (Å²) in [6.45, 7) is 2.30. The number of fused-ring (bicyclic) bond motifs is 2. The smallest absolute Gasteiger partial charge is 0.197 e. The lowest BCUT2D eigenvalue weighted by atomic mass is 9.81. The van der Waals surface area contributed by atoms with Crippen molar-refractivity contribution in [2.24, 2.45) is 0 Å². The van der Waals surface area contributed by atoms with Crippen LogP contribution in [0.5, 0.6) is 0 Å². The van der Waals surface area contributed by atoms with Gasteiger partial charge in [0, 0.05) is 11.1 Å². The molecule has 0 amide bonds. The maximum absolute atomic E-state index is 14.6. The maximum atomic E-state index is 14.6. The van der Waals surface area contributed by atoms with Crippen molar-refractivity contribution in [2.45, 2.75) is 13.8 Å². The quantitative estimate of drug-likeness (QED) is 0.648. The fourth-order valence-corrected chi connectivity index (χ4v) is 2.80. The molecule has 3 rings (SSSR count). The normalized spacial score (nSPS) is 12.9. The van der Waals surface area contributed by atoms with Gasteiger partial charge in [-0.3, -0.25) is 14.4 Å². The molecule has 0 bridgehead atoms. The number of carbonyl (C=O) groups excluding carboxylic acids is 3. The van der Waals surface area contributed by atoms with E-state index in [-0.39, 0.29) is 16.7 Å². The predicted molar refractivity (Wildman–Crippen MR) is 74.4 cm³/mol. The highest BCUT2D eigenvalue weighted by Crippen LogP contribution is 2.34. The predicted octanol–water partition coefficient (Wildman–Crippen LogP) is 3.25. The van der Waals surface area contributed by atoms with E-state index in [1.807, 2.05) is 0 Å². The van der Waals surface area contributed by atoms with Gasteiger partial charge in [-0.15, -0.1) is 0 Å². The Kier molecular flexibility index (Phi) is 3.02. The lowest BCUT2D eigenvalue weighted by molar-refractivity contribution is 0.0968. The average Bonchev–Trinajstić information content (AvgIpc) is 2.48. The van der Waals surface area contributed by atoms with Crippen molar-refractivity contribution in [3.05, 3.63) is 69.3 Å². The molecule has 2 aromatic carbocycles. The Morgan fingerprint density at radius 3 is 1.82 bits per heavy atom. The third-order valence-corrected chi connectivity index (χ3v) is 3.84. The summed E-state index contributed by atoms with van der Waals surface area (Å²) < 4.78 is 29.1. The standard InChI is InChI=1S/C17H10F2O3/c1-7-11(8(2)20)15(19)13-12(14(7)18)16(21)9-5-3-4-6-10(9)17(13)22/h3-6H,1-2H3. The van der Waals surface area contributed by atoms with Crippen LogP contribution < -0.4 is 0 Å². The van der Waals surface area contributed by atoms with E-state index in [2.05, 4.69) is 0 Å².